The van der Waals surface area contributed by atoms with E-state index in [1.807, 2.05) is 6.07 Å². The van der Waals surface area contributed by atoms with Gasteiger partial charge in [-0.3, -0.25) is 0 Å². The minimum Gasteiger partial charge on any atom is -0.382 e. The van der Waals surface area contributed by atoms with E-state index in [1.54, 1.807) is 12.3 Å². The molecule has 102 valence electrons. The molecule has 0 radical (unpaired) electrons. The summed E-state index contributed by atoms with van der Waals surface area (Å²) in [4.78, 5) is 3.99. The molecule has 0 aromatic carbocycles. The Hall–Kier alpha value is -1.60. The van der Waals surface area contributed by atoms with Crippen LogP contribution < -0.4 is 5.32 Å². The molecule has 0 saturated carbocycles. The Balaban J connectivity index is 2.04. The fraction of sp³-hybridized carbons (Fsp3) is 0.600. The number of hydrogen-bond acceptors (Lipinski definition) is 4. The molecule has 19 heavy (non-hydrogen) atoms. The van der Waals surface area contributed by atoms with Gasteiger partial charge in [0, 0.05) is 24.5 Å². The van der Waals surface area contributed by atoms with Crippen LogP contribution in [0.4, 0.5) is 5.69 Å². The Kier molecular flexibility index (Phi) is 4.39. The predicted molar refractivity (Wildman–Crippen MR) is 74.9 cm³/mol. The van der Waals surface area contributed by atoms with E-state index in [0.29, 0.717) is 11.7 Å². The van der Waals surface area contributed by atoms with Crippen molar-refractivity contribution in [3.8, 4) is 6.07 Å². The van der Waals surface area contributed by atoms with Gasteiger partial charge >= 0.3 is 0 Å². The van der Waals surface area contributed by atoms with Crippen molar-refractivity contribution in [1.29, 1.82) is 5.26 Å². The van der Waals surface area contributed by atoms with Crippen LogP contribution in [0.15, 0.2) is 18.3 Å². The summed E-state index contributed by atoms with van der Waals surface area (Å²) < 4.78 is 5.97. The van der Waals surface area contributed by atoms with Gasteiger partial charge in [-0.15, -0.1) is 0 Å². The van der Waals surface area contributed by atoms with Crippen molar-refractivity contribution in [2.24, 2.45) is 0 Å². The number of pyridine rings is 1. The standard InChI is InChI=1S/C15H21N3O/c1-3-15(4-2)10-13(6-8-19-15)18-12-5-7-17-14(9-12)11-16/h5,7,9,13H,3-4,6,8,10H2,1-2H3,(H,17,18). The fourth-order valence-electron chi connectivity index (χ4n) is 2.71. The Bertz CT molecular complexity index is 463. The molecule has 1 fully saturated rings. The maximum absolute atomic E-state index is 8.87. The summed E-state index contributed by atoms with van der Waals surface area (Å²) in [5.41, 5.74) is 1.44. The summed E-state index contributed by atoms with van der Waals surface area (Å²) in [7, 11) is 0. The molecular weight excluding hydrogens is 238 g/mol. The van der Waals surface area contributed by atoms with E-state index in [0.717, 1.165) is 38.0 Å². The zero-order valence-electron chi connectivity index (χ0n) is 11.6. The molecule has 0 amide bonds. The molecule has 4 nitrogen and oxygen atoms in total. The number of hydrogen-bond donors (Lipinski definition) is 1. The molecule has 1 aromatic rings. The maximum atomic E-state index is 8.87. The quantitative estimate of drug-likeness (QED) is 0.902. The highest BCUT2D eigenvalue weighted by molar-refractivity contribution is 5.46. The van der Waals surface area contributed by atoms with Crippen LogP contribution in [0, 0.1) is 11.3 Å². The van der Waals surface area contributed by atoms with Gasteiger partial charge in [0.1, 0.15) is 11.8 Å². The highest BCUT2D eigenvalue weighted by Crippen LogP contribution is 2.32. The van der Waals surface area contributed by atoms with E-state index in [2.05, 4.69) is 30.2 Å². The molecule has 1 atom stereocenters. The second-order valence-electron chi connectivity index (χ2n) is 5.11. The van der Waals surface area contributed by atoms with E-state index < -0.39 is 0 Å². The molecule has 4 heteroatoms. The number of rotatable bonds is 4. The van der Waals surface area contributed by atoms with Crippen LogP contribution in [0.25, 0.3) is 0 Å². The molecule has 2 rings (SSSR count). The van der Waals surface area contributed by atoms with Gasteiger partial charge in [0.2, 0.25) is 0 Å². The number of anilines is 1. The Morgan fingerprint density at radius 1 is 1.53 bits per heavy atom. The molecule has 1 saturated heterocycles. The first-order chi connectivity index (χ1) is 9.21. The SMILES string of the molecule is CCC1(CC)CC(Nc2ccnc(C#N)c2)CCO1. The predicted octanol–water partition coefficient (Wildman–Crippen LogP) is 3.10. The van der Waals surface area contributed by atoms with Crippen molar-refractivity contribution >= 4 is 5.69 Å². The maximum Gasteiger partial charge on any atom is 0.142 e. The van der Waals surface area contributed by atoms with Gasteiger partial charge in [-0.05, 0) is 37.8 Å². The minimum atomic E-state index is 0.0149. The van der Waals surface area contributed by atoms with Crippen molar-refractivity contribution in [2.45, 2.75) is 51.2 Å². The molecule has 1 aliphatic heterocycles. The van der Waals surface area contributed by atoms with Crippen molar-refractivity contribution in [1.82, 2.24) is 4.98 Å². The topological polar surface area (TPSA) is 57.9 Å². The van der Waals surface area contributed by atoms with Crippen molar-refractivity contribution in [3.63, 3.8) is 0 Å². The second kappa shape index (κ2) is 6.03. The summed E-state index contributed by atoms with van der Waals surface area (Å²) >= 11 is 0. The molecule has 0 aliphatic carbocycles. The molecule has 1 unspecified atom stereocenters. The normalized spacial score (nSPS) is 21.6. The van der Waals surface area contributed by atoms with Crippen LogP contribution in [0.5, 0.6) is 0 Å². The number of ether oxygens (including phenoxy) is 1. The zero-order valence-corrected chi connectivity index (χ0v) is 11.6. The van der Waals surface area contributed by atoms with Gasteiger partial charge in [0.25, 0.3) is 0 Å². The first-order valence-electron chi connectivity index (χ1n) is 6.98. The fourth-order valence-corrected chi connectivity index (χ4v) is 2.71. The van der Waals surface area contributed by atoms with E-state index in [9.17, 15) is 0 Å². The first kappa shape index (κ1) is 13.8. The Morgan fingerprint density at radius 3 is 3.00 bits per heavy atom. The van der Waals surface area contributed by atoms with E-state index >= 15 is 0 Å². The number of aromatic nitrogens is 1. The summed E-state index contributed by atoms with van der Waals surface area (Å²) in [6.45, 7) is 5.17. The smallest absolute Gasteiger partial charge is 0.142 e. The lowest BCUT2D eigenvalue weighted by atomic mass is 9.86. The van der Waals surface area contributed by atoms with Gasteiger partial charge in [-0.1, -0.05) is 13.8 Å². The molecule has 1 aliphatic rings. The van der Waals surface area contributed by atoms with E-state index in [-0.39, 0.29) is 5.60 Å². The lowest BCUT2D eigenvalue weighted by Gasteiger charge is -2.40. The van der Waals surface area contributed by atoms with Gasteiger partial charge in [-0.2, -0.15) is 5.26 Å². The summed E-state index contributed by atoms with van der Waals surface area (Å²) in [6, 6.07) is 6.19. The van der Waals surface area contributed by atoms with Crippen LogP contribution >= 0.6 is 0 Å². The van der Waals surface area contributed by atoms with Crippen LogP contribution in [-0.4, -0.2) is 23.2 Å². The average Bonchev–Trinajstić information content (AvgIpc) is 2.47. The van der Waals surface area contributed by atoms with Gasteiger partial charge < -0.3 is 10.1 Å². The third-order valence-corrected chi connectivity index (χ3v) is 4.03. The summed E-state index contributed by atoms with van der Waals surface area (Å²) in [5, 5.41) is 12.4. The first-order valence-corrected chi connectivity index (χ1v) is 6.98. The van der Waals surface area contributed by atoms with Crippen LogP contribution in [0.2, 0.25) is 0 Å². The van der Waals surface area contributed by atoms with Crippen molar-refractivity contribution in [3.05, 3.63) is 24.0 Å². The average molecular weight is 259 g/mol. The van der Waals surface area contributed by atoms with Gasteiger partial charge in [-0.25, -0.2) is 4.98 Å². The highest BCUT2D eigenvalue weighted by Gasteiger charge is 2.34. The number of nitrogens with one attached hydrogen (secondary N) is 1. The molecular formula is C15H21N3O. The minimum absolute atomic E-state index is 0.0149. The second-order valence-corrected chi connectivity index (χ2v) is 5.11. The summed E-state index contributed by atoms with van der Waals surface area (Å²) in [5.74, 6) is 0. The van der Waals surface area contributed by atoms with Crippen LogP contribution in [0.1, 0.15) is 45.2 Å². The molecule has 1 aromatic heterocycles. The summed E-state index contributed by atoms with van der Waals surface area (Å²) in [6.07, 6.45) is 5.78. The van der Waals surface area contributed by atoms with Crippen molar-refractivity contribution < 1.29 is 4.74 Å². The zero-order chi connectivity index (χ0) is 13.7. The Labute approximate surface area is 114 Å². The van der Waals surface area contributed by atoms with E-state index in [4.69, 9.17) is 10.00 Å². The third-order valence-electron chi connectivity index (χ3n) is 4.03. The molecule has 0 bridgehead atoms. The lowest BCUT2D eigenvalue weighted by molar-refractivity contribution is -0.0864. The largest absolute Gasteiger partial charge is 0.382 e. The lowest BCUT2D eigenvalue weighted by Crippen LogP contribution is -2.43. The molecule has 2 heterocycles. The Morgan fingerprint density at radius 2 is 2.32 bits per heavy atom. The number of nitrogens with zero attached hydrogens (tertiary/aromatic N) is 2. The van der Waals surface area contributed by atoms with Crippen LogP contribution in [-0.2, 0) is 4.74 Å². The monoisotopic (exact) mass is 259 g/mol. The van der Waals surface area contributed by atoms with E-state index in [1.165, 1.54) is 0 Å². The number of nitriles is 1. The van der Waals surface area contributed by atoms with Gasteiger partial charge in [0.15, 0.2) is 0 Å². The van der Waals surface area contributed by atoms with Crippen LogP contribution in [0.3, 0.4) is 0 Å². The van der Waals surface area contributed by atoms with Crippen molar-refractivity contribution in [2.75, 3.05) is 11.9 Å². The molecule has 1 N–H and O–H groups in total. The highest BCUT2D eigenvalue weighted by atomic mass is 16.5. The molecule has 0 spiro atoms. The third kappa shape index (κ3) is 3.24. The van der Waals surface area contributed by atoms with Gasteiger partial charge in [0.05, 0.1) is 5.60 Å².